The number of carboxylic acids is 1. The lowest BCUT2D eigenvalue weighted by Crippen LogP contribution is -2.40. The van der Waals surface area contributed by atoms with Crippen molar-refractivity contribution in [3.63, 3.8) is 0 Å². The molecule has 0 spiro atoms. The van der Waals surface area contributed by atoms with E-state index in [1.54, 1.807) is 12.1 Å². The predicted molar refractivity (Wildman–Crippen MR) is 77.9 cm³/mol. The minimum atomic E-state index is -0.907. The lowest BCUT2D eigenvalue weighted by molar-refractivity contribution is 0.0696. The van der Waals surface area contributed by atoms with Gasteiger partial charge in [-0.2, -0.15) is 0 Å². The summed E-state index contributed by atoms with van der Waals surface area (Å²) in [7, 11) is 1.96. The molecule has 1 heterocycles. The third-order valence-corrected chi connectivity index (χ3v) is 3.67. The second kappa shape index (κ2) is 5.59. The zero-order valence-corrected chi connectivity index (χ0v) is 12.7. The Kier molecular flexibility index (Phi) is 4.56. The Bertz CT molecular complexity index is 464. The Hall–Kier alpha value is -1.58. The summed E-state index contributed by atoms with van der Waals surface area (Å²) in [5.41, 5.74) is 1.21. The molecule has 1 rings (SSSR count). The first-order valence-electron chi connectivity index (χ1n) is 6.64. The Labute approximate surface area is 115 Å². The van der Waals surface area contributed by atoms with Crippen LogP contribution < -0.4 is 4.90 Å². The van der Waals surface area contributed by atoms with Crippen LogP contribution in [0.25, 0.3) is 0 Å². The Morgan fingerprint density at radius 1 is 1.42 bits per heavy atom. The second-order valence-corrected chi connectivity index (χ2v) is 6.02. The van der Waals surface area contributed by atoms with Crippen LogP contribution in [0.5, 0.6) is 0 Å². The van der Waals surface area contributed by atoms with E-state index in [-0.39, 0.29) is 11.5 Å². The van der Waals surface area contributed by atoms with Crippen molar-refractivity contribution < 1.29 is 9.90 Å². The van der Waals surface area contributed by atoms with Crippen LogP contribution in [0, 0.1) is 5.41 Å². The summed E-state index contributed by atoms with van der Waals surface area (Å²) in [5.74, 6) is -0.186. The lowest BCUT2D eigenvalue weighted by atomic mass is 9.87. The van der Waals surface area contributed by atoms with Gasteiger partial charge in [0, 0.05) is 18.8 Å². The van der Waals surface area contributed by atoms with E-state index < -0.39 is 5.97 Å². The fourth-order valence-electron chi connectivity index (χ4n) is 1.84. The molecule has 0 aliphatic rings. The summed E-state index contributed by atoms with van der Waals surface area (Å²) in [4.78, 5) is 17.7. The van der Waals surface area contributed by atoms with E-state index in [4.69, 9.17) is 5.11 Å². The van der Waals surface area contributed by atoms with Gasteiger partial charge >= 0.3 is 5.97 Å². The van der Waals surface area contributed by atoms with E-state index in [2.05, 4.69) is 32.7 Å². The Balaban J connectivity index is 3.19. The standard InChI is InChI=1S/C15H24N2O2/c1-7-12-8-11(14(18)19)9-13(16-12)17(6)10(2)15(3,4)5/h8-10H,7H2,1-6H3,(H,18,19). The maximum Gasteiger partial charge on any atom is 0.335 e. The number of rotatable bonds is 4. The number of carboxylic acid groups (broad SMARTS) is 1. The molecule has 0 saturated carbocycles. The molecule has 1 aromatic rings. The van der Waals surface area contributed by atoms with Crippen molar-refractivity contribution in [1.82, 2.24) is 4.98 Å². The molecule has 19 heavy (non-hydrogen) atoms. The molecule has 4 nitrogen and oxygen atoms in total. The van der Waals surface area contributed by atoms with Crippen LogP contribution in [0.1, 0.15) is 50.7 Å². The van der Waals surface area contributed by atoms with Crippen LogP contribution in [-0.2, 0) is 6.42 Å². The largest absolute Gasteiger partial charge is 0.478 e. The molecule has 0 aliphatic carbocycles. The van der Waals surface area contributed by atoms with Gasteiger partial charge in [-0.15, -0.1) is 0 Å². The molecule has 0 saturated heterocycles. The van der Waals surface area contributed by atoms with Gasteiger partial charge in [0.1, 0.15) is 5.82 Å². The predicted octanol–water partition coefficient (Wildman–Crippen LogP) is 3.21. The number of hydrogen-bond acceptors (Lipinski definition) is 3. The molecule has 0 amide bonds. The third-order valence-electron chi connectivity index (χ3n) is 3.67. The van der Waals surface area contributed by atoms with Crippen LogP contribution in [0.15, 0.2) is 12.1 Å². The van der Waals surface area contributed by atoms with Gasteiger partial charge in [0.05, 0.1) is 5.56 Å². The molecule has 1 N–H and O–H groups in total. The number of carbonyl (C=O) groups is 1. The highest BCUT2D eigenvalue weighted by Crippen LogP contribution is 2.27. The van der Waals surface area contributed by atoms with Gasteiger partial charge in [-0.1, -0.05) is 27.7 Å². The number of aromatic nitrogens is 1. The van der Waals surface area contributed by atoms with Gasteiger partial charge in [0.25, 0.3) is 0 Å². The number of pyridine rings is 1. The molecular weight excluding hydrogens is 240 g/mol. The average Bonchev–Trinajstić information content (AvgIpc) is 2.35. The van der Waals surface area contributed by atoms with Crippen LogP contribution in [0.2, 0.25) is 0 Å². The Morgan fingerprint density at radius 3 is 2.42 bits per heavy atom. The zero-order chi connectivity index (χ0) is 14.8. The van der Waals surface area contributed by atoms with Gasteiger partial charge < -0.3 is 10.0 Å². The van der Waals surface area contributed by atoms with Gasteiger partial charge in [-0.05, 0) is 30.9 Å². The first kappa shape index (κ1) is 15.5. The summed E-state index contributed by atoms with van der Waals surface area (Å²) < 4.78 is 0. The quantitative estimate of drug-likeness (QED) is 0.907. The smallest absolute Gasteiger partial charge is 0.335 e. The summed E-state index contributed by atoms with van der Waals surface area (Å²) in [6.07, 6.45) is 0.728. The maximum absolute atomic E-state index is 11.2. The van der Waals surface area contributed by atoms with E-state index in [1.165, 1.54) is 0 Å². The number of aromatic carboxylic acids is 1. The minimum Gasteiger partial charge on any atom is -0.478 e. The van der Waals surface area contributed by atoms with Crippen molar-refractivity contribution in [3.8, 4) is 0 Å². The summed E-state index contributed by atoms with van der Waals surface area (Å²) in [6, 6.07) is 3.54. The van der Waals surface area contributed by atoms with E-state index in [1.807, 2.05) is 18.9 Å². The number of hydrogen-bond donors (Lipinski definition) is 1. The second-order valence-electron chi connectivity index (χ2n) is 6.02. The third kappa shape index (κ3) is 3.69. The van der Waals surface area contributed by atoms with Gasteiger partial charge in [0.15, 0.2) is 0 Å². The number of nitrogens with zero attached hydrogens (tertiary/aromatic N) is 2. The SMILES string of the molecule is CCc1cc(C(=O)O)cc(N(C)C(C)C(C)(C)C)n1. The monoisotopic (exact) mass is 264 g/mol. The van der Waals surface area contributed by atoms with Crippen LogP contribution in [0.4, 0.5) is 5.82 Å². The highest BCUT2D eigenvalue weighted by Gasteiger charge is 2.25. The summed E-state index contributed by atoms with van der Waals surface area (Å²) in [5, 5.41) is 9.16. The van der Waals surface area contributed by atoms with E-state index in [9.17, 15) is 4.79 Å². The molecule has 0 aliphatic heterocycles. The van der Waals surface area contributed by atoms with E-state index in [0.717, 1.165) is 17.9 Å². The van der Waals surface area contributed by atoms with Crippen molar-refractivity contribution in [2.24, 2.45) is 5.41 Å². The van der Waals surface area contributed by atoms with Crippen LogP contribution >= 0.6 is 0 Å². The summed E-state index contributed by atoms with van der Waals surface area (Å²) >= 11 is 0. The fraction of sp³-hybridized carbons (Fsp3) is 0.600. The zero-order valence-electron chi connectivity index (χ0n) is 12.7. The van der Waals surface area contributed by atoms with Crippen molar-refractivity contribution in [2.75, 3.05) is 11.9 Å². The first-order chi connectivity index (χ1) is 8.66. The van der Waals surface area contributed by atoms with Crippen LogP contribution in [0.3, 0.4) is 0 Å². The molecule has 0 radical (unpaired) electrons. The highest BCUT2D eigenvalue weighted by molar-refractivity contribution is 5.88. The van der Waals surface area contributed by atoms with Gasteiger partial charge in [-0.3, -0.25) is 0 Å². The summed E-state index contributed by atoms with van der Waals surface area (Å²) in [6.45, 7) is 10.6. The molecule has 1 unspecified atom stereocenters. The van der Waals surface area contributed by atoms with E-state index in [0.29, 0.717) is 5.56 Å². The van der Waals surface area contributed by atoms with Gasteiger partial charge in [0.2, 0.25) is 0 Å². The molecule has 1 aromatic heterocycles. The van der Waals surface area contributed by atoms with Crippen LogP contribution in [-0.4, -0.2) is 29.1 Å². The average molecular weight is 264 g/mol. The molecule has 106 valence electrons. The fourth-order valence-corrected chi connectivity index (χ4v) is 1.84. The Morgan fingerprint density at radius 2 is 2.00 bits per heavy atom. The molecular formula is C15H24N2O2. The number of aryl methyl sites for hydroxylation is 1. The minimum absolute atomic E-state index is 0.0992. The van der Waals surface area contributed by atoms with Gasteiger partial charge in [-0.25, -0.2) is 9.78 Å². The first-order valence-corrected chi connectivity index (χ1v) is 6.64. The molecule has 0 aromatic carbocycles. The topological polar surface area (TPSA) is 53.4 Å². The van der Waals surface area contributed by atoms with Crippen molar-refractivity contribution in [1.29, 1.82) is 0 Å². The normalized spacial score (nSPS) is 13.2. The lowest BCUT2D eigenvalue weighted by Gasteiger charge is -2.36. The van der Waals surface area contributed by atoms with Crippen molar-refractivity contribution >= 4 is 11.8 Å². The maximum atomic E-state index is 11.2. The highest BCUT2D eigenvalue weighted by atomic mass is 16.4. The molecule has 1 atom stereocenters. The number of anilines is 1. The molecule has 0 fully saturated rings. The van der Waals surface area contributed by atoms with E-state index >= 15 is 0 Å². The molecule has 4 heteroatoms. The van der Waals surface area contributed by atoms with Crippen molar-refractivity contribution in [2.45, 2.75) is 47.1 Å². The van der Waals surface area contributed by atoms with Crippen molar-refractivity contribution in [3.05, 3.63) is 23.4 Å². The molecule has 0 bridgehead atoms.